The Kier molecular flexibility index (Phi) is 4.30. The fraction of sp³-hybridized carbons (Fsp3) is 0.400. The number of aromatic nitrogens is 3. The maximum atomic E-state index is 4.35. The minimum absolute atomic E-state index is 0.572. The smallest absolute Gasteiger partial charge is 0.181 e. The van der Waals surface area contributed by atoms with Crippen LogP contribution in [-0.4, -0.2) is 39.7 Å². The zero-order valence-corrected chi connectivity index (χ0v) is 14.2. The minimum atomic E-state index is 0.572. The minimum Gasteiger partial charge on any atom is -0.303 e. The fourth-order valence-electron chi connectivity index (χ4n) is 3.86. The van der Waals surface area contributed by atoms with Gasteiger partial charge in [-0.1, -0.05) is 37.3 Å². The van der Waals surface area contributed by atoms with E-state index in [2.05, 4.69) is 63.4 Å². The van der Waals surface area contributed by atoms with Crippen LogP contribution in [0.4, 0.5) is 0 Å². The fourth-order valence-corrected chi connectivity index (χ4v) is 3.86. The third kappa shape index (κ3) is 3.06. The summed E-state index contributed by atoms with van der Waals surface area (Å²) in [4.78, 5) is 6.93. The van der Waals surface area contributed by atoms with Gasteiger partial charge in [0.2, 0.25) is 0 Å². The Morgan fingerprint density at radius 3 is 2.71 bits per heavy atom. The zero-order valence-electron chi connectivity index (χ0n) is 14.2. The van der Waals surface area contributed by atoms with Gasteiger partial charge in [-0.25, -0.2) is 4.98 Å². The Morgan fingerprint density at radius 1 is 1.12 bits per heavy atom. The van der Waals surface area contributed by atoms with Gasteiger partial charge in [0.15, 0.2) is 5.65 Å². The van der Waals surface area contributed by atoms with Gasteiger partial charge in [-0.15, -0.1) is 0 Å². The highest BCUT2D eigenvalue weighted by atomic mass is 15.2. The van der Waals surface area contributed by atoms with E-state index in [9.17, 15) is 0 Å². The summed E-state index contributed by atoms with van der Waals surface area (Å²) in [6, 6.07) is 15.0. The molecule has 2 aromatic heterocycles. The zero-order chi connectivity index (χ0) is 16.4. The van der Waals surface area contributed by atoms with Gasteiger partial charge in [-0.05, 0) is 49.5 Å². The van der Waals surface area contributed by atoms with E-state index in [0.29, 0.717) is 11.8 Å². The van der Waals surface area contributed by atoms with Crippen LogP contribution in [0.3, 0.4) is 0 Å². The van der Waals surface area contributed by atoms with Gasteiger partial charge < -0.3 is 4.90 Å². The highest BCUT2D eigenvalue weighted by Gasteiger charge is 2.24. The molecule has 4 nitrogen and oxygen atoms in total. The average Bonchev–Trinajstić information content (AvgIpc) is 3.07. The summed E-state index contributed by atoms with van der Waals surface area (Å²) < 4.78 is 0. The van der Waals surface area contributed by atoms with Crippen molar-refractivity contribution in [3.05, 3.63) is 59.9 Å². The van der Waals surface area contributed by atoms with Gasteiger partial charge in [0.25, 0.3) is 0 Å². The molecule has 0 bridgehead atoms. The second-order valence-electron chi connectivity index (χ2n) is 6.90. The van der Waals surface area contributed by atoms with Gasteiger partial charge in [0, 0.05) is 29.7 Å². The Labute approximate surface area is 142 Å². The maximum absolute atomic E-state index is 4.35. The van der Waals surface area contributed by atoms with Crippen molar-refractivity contribution in [2.75, 3.05) is 19.6 Å². The molecular weight excluding hydrogens is 296 g/mol. The molecule has 0 amide bonds. The first-order chi connectivity index (χ1) is 11.8. The molecule has 1 saturated heterocycles. The number of likely N-dealkylation sites (tertiary alicyclic amines) is 1. The van der Waals surface area contributed by atoms with Crippen LogP contribution < -0.4 is 0 Å². The first-order valence-corrected chi connectivity index (χ1v) is 8.87. The number of nitrogens with zero attached hydrogens (tertiary/aromatic N) is 3. The number of fused-ring (bicyclic) bond motifs is 1. The third-order valence-corrected chi connectivity index (χ3v) is 5.26. The van der Waals surface area contributed by atoms with Crippen LogP contribution in [0.15, 0.2) is 48.7 Å². The SMILES string of the molecule is CC(CN1CCC(c2[nH]nc3ncccc23)CC1)c1ccccc1. The molecule has 0 spiro atoms. The Balaban J connectivity index is 1.38. The molecule has 24 heavy (non-hydrogen) atoms. The van der Waals surface area contributed by atoms with Crippen molar-refractivity contribution in [2.24, 2.45) is 0 Å². The summed E-state index contributed by atoms with van der Waals surface area (Å²) in [5.74, 6) is 1.16. The van der Waals surface area contributed by atoms with Crippen molar-refractivity contribution in [1.82, 2.24) is 20.1 Å². The molecule has 1 aliphatic rings. The molecule has 0 aliphatic carbocycles. The first kappa shape index (κ1) is 15.3. The van der Waals surface area contributed by atoms with E-state index in [1.807, 2.05) is 6.07 Å². The second kappa shape index (κ2) is 6.73. The topological polar surface area (TPSA) is 44.8 Å². The van der Waals surface area contributed by atoms with E-state index in [-0.39, 0.29) is 0 Å². The van der Waals surface area contributed by atoms with Gasteiger partial charge in [-0.2, -0.15) is 5.10 Å². The van der Waals surface area contributed by atoms with Crippen molar-refractivity contribution in [2.45, 2.75) is 31.6 Å². The Morgan fingerprint density at radius 2 is 1.92 bits per heavy atom. The lowest BCUT2D eigenvalue weighted by Gasteiger charge is -2.33. The molecule has 124 valence electrons. The highest BCUT2D eigenvalue weighted by Crippen LogP contribution is 2.31. The predicted molar refractivity (Wildman–Crippen MR) is 97.2 cm³/mol. The van der Waals surface area contributed by atoms with Crippen molar-refractivity contribution < 1.29 is 0 Å². The lowest BCUT2D eigenvalue weighted by atomic mass is 9.91. The molecule has 0 radical (unpaired) electrons. The van der Waals surface area contributed by atoms with Crippen LogP contribution in [0.5, 0.6) is 0 Å². The van der Waals surface area contributed by atoms with Gasteiger partial charge >= 0.3 is 0 Å². The van der Waals surface area contributed by atoms with Crippen LogP contribution in [0, 0.1) is 0 Å². The number of pyridine rings is 1. The van der Waals surface area contributed by atoms with E-state index in [1.54, 1.807) is 6.20 Å². The van der Waals surface area contributed by atoms with E-state index in [1.165, 1.54) is 29.5 Å². The van der Waals surface area contributed by atoms with Crippen LogP contribution in [0.1, 0.15) is 42.9 Å². The lowest BCUT2D eigenvalue weighted by molar-refractivity contribution is 0.202. The quantitative estimate of drug-likeness (QED) is 0.792. The third-order valence-electron chi connectivity index (χ3n) is 5.26. The van der Waals surface area contributed by atoms with Gasteiger partial charge in [0.05, 0.1) is 0 Å². The maximum Gasteiger partial charge on any atom is 0.181 e. The van der Waals surface area contributed by atoms with Gasteiger partial charge in [-0.3, -0.25) is 5.10 Å². The average molecular weight is 320 g/mol. The number of hydrogen-bond donors (Lipinski definition) is 1. The van der Waals surface area contributed by atoms with Crippen molar-refractivity contribution >= 4 is 11.0 Å². The molecule has 4 heteroatoms. The molecule has 1 N–H and O–H groups in total. The Bertz CT molecular complexity index is 788. The van der Waals surface area contributed by atoms with Crippen LogP contribution in [-0.2, 0) is 0 Å². The number of aromatic amines is 1. The van der Waals surface area contributed by atoms with Crippen molar-refractivity contribution in [3.63, 3.8) is 0 Å². The number of piperidine rings is 1. The Hall–Kier alpha value is -2.20. The summed E-state index contributed by atoms with van der Waals surface area (Å²) in [7, 11) is 0. The van der Waals surface area contributed by atoms with E-state index in [4.69, 9.17) is 0 Å². The summed E-state index contributed by atoms with van der Waals surface area (Å²) >= 11 is 0. The number of nitrogens with one attached hydrogen (secondary N) is 1. The number of rotatable bonds is 4. The number of benzene rings is 1. The van der Waals surface area contributed by atoms with Crippen molar-refractivity contribution in [3.8, 4) is 0 Å². The summed E-state index contributed by atoms with van der Waals surface area (Å²) in [5, 5.41) is 8.77. The molecule has 3 aromatic rings. The monoisotopic (exact) mass is 320 g/mol. The van der Waals surface area contributed by atoms with Crippen LogP contribution in [0.25, 0.3) is 11.0 Å². The van der Waals surface area contributed by atoms with E-state index < -0.39 is 0 Å². The molecule has 1 unspecified atom stereocenters. The molecule has 1 fully saturated rings. The predicted octanol–water partition coefficient (Wildman–Crippen LogP) is 3.94. The second-order valence-corrected chi connectivity index (χ2v) is 6.90. The normalized spacial score (nSPS) is 18.0. The number of H-pyrrole nitrogens is 1. The van der Waals surface area contributed by atoms with E-state index >= 15 is 0 Å². The molecule has 1 aliphatic heterocycles. The van der Waals surface area contributed by atoms with Gasteiger partial charge in [0.1, 0.15) is 0 Å². The molecule has 4 rings (SSSR count). The van der Waals surface area contributed by atoms with Crippen LogP contribution >= 0.6 is 0 Å². The molecular formula is C20H24N4. The van der Waals surface area contributed by atoms with Crippen LogP contribution in [0.2, 0.25) is 0 Å². The van der Waals surface area contributed by atoms with E-state index in [0.717, 1.165) is 25.3 Å². The molecule has 3 heterocycles. The first-order valence-electron chi connectivity index (χ1n) is 8.87. The highest BCUT2D eigenvalue weighted by molar-refractivity contribution is 5.77. The lowest BCUT2D eigenvalue weighted by Crippen LogP contribution is -2.35. The summed E-state index contributed by atoms with van der Waals surface area (Å²) in [6.07, 6.45) is 4.18. The van der Waals surface area contributed by atoms with Crippen molar-refractivity contribution in [1.29, 1.82) is 0 Å². The molecule has 1 aromatic carbocycles. The molecule has 1 atom stereocenters. The summed E-state index contributed by atoms with van der Waals surface area (Å²) in [6.45, 7) is 5.78. The summed E-state index contributed by atoms with van der Waals surface area (Å²) in [5.41, 5.74) is 3.55. The number of hydrogen-bond acceptors (Lipinski definition) is 3. The molecule has 0 saturated carbocycles. The largest absolute Gasteiger partial charge is 0.303 e. The standard InChI is InChI=1S/C20H24N4/c1-15(16-6-3-2-4-7-16)14-24-12-9-17(10-13-24)19-18-8-5-11-21-20(18)23-22-19/h2-8,11,15,17H,9-10,12-14H2,1H3,(H,21,22,23).